The predicted octanol–water partition coefficient (Wildman–Crippen LogP) is 7.40. The molecule has 0 aromatic heterocycles. The van der Waals surface area contributed by atoms with Crippen molar-refractivity contribution < 1.29 is 22.7 Å². The van der Waals surface area contributed by atoms with E-state index in [1.165, 1.54) is 11.8 Å². The van der Waals surface area contributed by atoms with E-state index in [4.69, 9.17) is 4.74 Å². The van der Waals surface area contributed by atoms with E-state index < -0.39 is 28.5 Å². The summed E-state index contributed by atoms with van der Waals surface area (Å²) in [5.74, 6) is -0.123. The average Bonchev–Trinajstić information content (AvgIpc) is 3.13. The Labute approximate surface area is 301 Å². The summed E-state index contributed by atoms with van der Waals surface area (Å²) in [4.78, 5) is 31.7. The van der Waals surface area contributed by atoms with Crippen LogP contribution in [0.15, 0.2) is 113 Å². The highest BCUT2D eigenvalue weighted by Crippen LogP contribution is 2.28. The highest BCUT2D eigenvalue weighted by Gasteiger charge is 2.35. The Morgan fingerprint density at radius 3 is 2.20 bits per heavy atom. The first-order valence-corrected chi connectivity index (χ1v) is 19.9. The number of aryl methyl sites for hydroxylation is 1. The third-order valence-electron chi connectivity index (χ3n) is 9.02. The minimum absolute atomic E-state index is 0.0374. The highest BCUT2D eigenvalue weighted by molar-refractivity contribution is 7.98. The van der Waals surface area contributed by atoms with E-state index in [1.54, 1.807) is 53.4 Å². The van der Waals surface area contributed by atoms with Crippen molar-refractivity contribution >= 4 is 39.3 Å². The summed E-state index contributed by atoms with van der Waals surface area (Å²) in [5, 5.41) is 3.26. The molecule has 50 heavy (non-hydrogen) atoms. The van der Waals surface area contributed by atoms with Crippen molar-refractivity contribution in [3.63, 3.8) is 0 Å². The lowest BCUT2D eigenvalue weighted by Gasteiger charge is -2.35. The molecule has 2 amide bonds. The molecule has 1 aliphatic carbocycles. The number of thioether (sulfide) groups is 1. The first-order chi connectivity index (χ1) is 24.2. The van der Waals surface area contributed by atoms with Crippen LogP contribution < -0.4 is 14.4 Å². The Kier molecular flexibility index (Phi) is 13.0. The van der Waals surface area contributed by atoms with Crippen LogP contribution in [0.1, 0.15) is 55.7 Å². The zero-order valence-corrected chi connectivity index (χ0v) is 30.7. The number of rotatable bonds is 15. The van der Waals surface area contributed by atoms with Crippen molar-refractivity contribution in [1.82, 2.24) is 10.2 Å². The quantitative estimate of drug-likeness (QED) is 0.129. The lowest BCUT2D eigenvalue weighted by atomic mass is 9.94. The standard InChI is InChI=1S/C40H47N3O5S2/c1-4-48-35-20-18-34(19-21-35)43(50(46,47)37-24-22-36(49-3)23-25-37)29-39(44)42(28-32-15-11-12-30(2)26-32)38(27-31-13-7-5-8-14-31)40(45)41-33-16-9-6-10-17-33/h5,7-8,11-15,18-26,33,38H,4,6,9-10,16-17,27-29H2,1-3H3,(H,41,45). The van der Waals surface area contributed by atoms with Crippen molar-refractivity contribution in [3.05, 3.63) is 120 Å². The van der Waals surface area contributed by atoms with E-state index in [0.29, 0.717) is 18.0 Å². The molecule has 0 radical (unpaired) electrons. The normalized spacial score (nSPS) is 14.1. The highest BCUT2D eigenvalue weighted by atomic mass is 32.2. The van der Waals surface area contributed by atoms with Gasteiger partial charge in [0, 0.05) is 23.9 Å². The van der Waals surface area contributed by atoms with Gasteiger partial charge in [0.25, 0.3) is 10.0 Å². The van der Waals surface area contributed by atoms with Gasteiger partial charge in [-0.15, -0.1) is 11.8 Å². The van der Waals surface area contributed by atoms with Crippen molar-refractivity contribution in [3.8, 4) is 5.75 Å². The van der Waals surface area contributed by atoms with Gasteiger partial charge in [0.1, 0.15) is 18.3 Å². The molecular formula is C40H47N3O5S2. The number of nitrogens with one attached hydrogen (secondary N) is 1. The summed E-state index contributed by atoms with van der Waals surface area (Å²) in [6.07, 6.45) is 7.24. The number of benzene rings is 4. The zero-order chi connectivity index (χ0) is 35.5. The van der Waals surface area contributed by atoms with Crippen molar-refractivity contribution in [2.24, 2.45) is 0 Å². The average molecular weight is 714 g/mol. The van der Waals surface area contributed by atoms with Crippen LogP contribution in [-0.4, -0.2) is 56.6 Å². The minimum Gasteiger partial charge on any atom is -0.494 e. The molecule has 1 saturated carbocycles. The molecule has 0 aliphatic heterocycles. The van der Waals surface area contributed by atoms with Gasteiger partial charge < -0.3 is 15.0 Å². The number of hydrogen-bond donors (Lipinski definition) is 1. The molecule has 0 heterocycles. The Balaban J connectivity index is 1.56. The number of sulfonamides is 1. The summed E-state index contributed by atoms with van der Waals surface area (Å²) < 4.78 is 35.6. The maximum atomic E-state index is 14.8. The van der Waals surface area contributed by atoms with E-state index >= 15 is 0 Å². The topological polar surface area (TPSA) is 96.0 Å². The fraction of sp³-hybridized carbons (Fsp3) is 0.350. The number of carbonyl (C=O) groups is 2. The van der Waals surface area contributed by atoms with Crippen LogP contribution in [0.4, 0.5) is 5.69 Å². The third-order valence-corrected chi connectivity index (χ3v) is 11.6. The number of amides is 2. The monoisotopic (exact) mass is 713 g/mol. The molecule has 4 aromatic carbocycles. The molecule has 1 N–H and O–H groups in total. The number of hydrogen-bond acceptors (Lipinski definition) is 6. The molecule has 5 rings (SSSR count). The van der Waals surface area contributed by atoms with E-state index in [1.807, 2.05) is 74.7 Å². The lowest BCUT2D eigenvalue weighted by molar-refractivity contribution is -0.140. The summed E-state index contributed by atoms with van der Waals surface area (Å²) in [6, 6.07) is 30.0. The van der Waals surface area contributed by atoms with Gasteiger partial charge in [-0.05, 0) is 92.6 Å². The van der Waals surface area contributed by atoms with E-state index in [-0.39, 0.29) is 29.8 Å². The molecule has 4 aromatic rings. The van der Waals surface area contributed by atoms with Gasteiger partial charge in [-0.1, -0.05) is 79.4 Å². The minimum atomic E-state index is -4.20. The summed E-state index contributed by atoms with van der Waals surface area (Å²) >= 11 is 1.51. The van der Waals surface area contributed by atoms with Gasteiger partial charge in [-0.2, -0.15) is 0 Å². The predicted molar refractivity (Wildman–Crippen MR) is 201 cm³/mol. The SMILES string of the molecule is CCOc1ccc(N(CC(=O)N(Cc2cccc(C)c2)C(Cc2ccccc2)C(=O)NC2CCCCC2)S(=O)(=O)c2ccc(SC)cc2)cc1. The van der Waals surface area contributed by atoms with Gasteiger partial charge in [0.2, 0.25) is 11.8 Å². The van der Waals surface area contributed by atoms with Gasteiger partial charge in [-0.25, -0.2) is 8.42 Å². The maximum Gasteiger partial charge on any atom is 0.264 e. The molecule has 1 unspecified atom stereocenters. The molecule has 1 atom stereocenters. The maximum absolute atomic E-state index is 14.8. The second-order valence-corrected chi connectivity index (χ2v) is 15.4. The first kappa shape index (κ1) is 37.0. The second-order valence-electron chi connectivity index (χ2n) is 12.7. The van der Waals surface area contributed by atoms with Crippen molar-refractivity contribution in [2.75, 3.05) is 23.7 Å². The van der Waals surface area contributed by atoms with Gasteiger partial charge in [0.15, 0.2) is 0 Å². The molecule has 0 saturated heterocycles. The molecule has 1 aliphatic rings. The molecule has 10 heteroatoms. The Hall–Kier alpha value is -4.28. The van der Waals surface area contributed by atoms with Crippen LogP contribution in [0.5, 0.6) is 5.75 Å². The number of nitrogens with zero attached hydrogens (tertiary/aromatic N) is 2. The van der Waals surface area contributed by atoms with E-state index in [2.05, 4.69) is 5.32 Å². The number of ether oxygens (including phenoxy) is 1. The summed E-state index contributed by atoms with van der Waals surface area (Å²) in [6.45, 7) is 3.95. The van der Waals surface area contributed by atoms with Crippen LogP contribution >= 0.6 is 11.8 Å². The Morgan fingerprint density at radius 2 is 1.56 bits per heavy atom. The largest absolute Gasteiger partial charge is 0.494 e. The molecule has 8 nitrogen and oxygen atoms in total. The van der Waals surface area contributed by atoms with Gasteiger partial charge in [0.05, 0.1) is 17.2 Å². The number of carbonyl (C=O) groups excluding carboxylic acids is 2. The van der Waals surface area contributed by atoms with Crippen LogP contribution in [0.3, 0.4) is 0 Å². The smallest absolute Gasteiger partial charge is 0.264 e. The van der Waals surface area contributed by atoms with E-state index in [0.717, 1.165) is 58.0 Å². The first-order valence-electron chi connectivity index (χ1n) is 17.3. The molecule has 1 fully saturated rings. The van der Waals surface area contributed by atoms with Crippen molar-refractivity contribution in [1.29, 1.82) is 0 Å². The second kappa shape index (κ2) is 17.6. The van der Waals surface area contributed by atoms with E-state index in [9.17, 15) is 18.0 Å². The van der Waals surface area contributed by atoms with Crippen LogP contribution in [0, 0.1) is 6.92 Å². The fourth-order valence-corrected chi connectivity index (χ4v) is 8.21. The molecule has 264 valence electrons. The number of anilines is 1. The van der Waals surface area contributed by atoms with Crippen LogP contribution in [0.25, 0.3) is 0 Å². The Morgan fingerprint density at radius 1 is 0.880 bits per heavy atom. The fourth-order valence-electron chi connectivity index (χ4n) is 6.38. The lowest BCUT2D eigenvalue weighted by Crippen LogP contribution is -2.55. The molecular weight excluding hydrogens is 667 g/mol. The zero-order valence-electron chi connectivity index (χ0n) is 29.1. The molecule has 0 spiro atoms. The van der Waals surface area contributed by atoms with Gasteiger partial charge >= 0.3 is 0 Å². The Bertz CT molecular complexity index is 1810. The van der Waals surface area contributed by atoms with Crippen LogP contribution in [0.2, 0.25) is 0 Å². The molecule has 0 bridgehead atoms. The summed E-state index contributed by atoms with van der Waals surface area (Å²) in [7, 11) is -4.20. The summed E-state index contributed by atoms with van der Waals surface area (Å²) in [5.41, 5.74) is 3.10. The van der Waals surface area contributed by atoms with Crippen molar-refractivity contribution in [2.45, 2.75) is 80.8 Å². The van der Waals surface area contributed by atoms with Gasteiger partial charge in [-0.3, -0.25) is 13.9 Å². The third kappa shape index (κ3) is 9.69. The van der Waals surface area contributed by atoms with Crippen LogP contribution in [-0.2, 0) is 32.6 Å².